The van der Waals surface area contributed by atoms with Gasteiger partial charge in [-0.2, -0.15) is 5.10 Å². The van der Waals surface area contributed by atoms with Crippen LogP contribution in [0.5, 0.6) is 0 Å². The largest absolute Gasteiger partial charge is 0.306 e. The third-order valence-corrected chi connectivity index (χ3v) is 3.30. The van der Waals surface area contributed by atoms with Crippen LogP contribution in [0.15, 0.2) is 30.9 Å². The molecule has 1 N–H and O–H groups in total. The fourth-order valence-corrected chi connectivity index (χ4v) is 2.18. The number of nitrogens with zero attached hydrogens (tertiary/aromatic N) is 3. The van der Waals surface area contributed by atoms with Gasteiger partial charge in [0.15, 0.2) is 0 Å². The molecule has 2 heterocycles. The van der Waals surface area contributed by atoms with Gasteiger partial charge in [-0.05, 0) is 44.0 Å². The maximum Gasteiger partial charge on any atom is 0.0625 e. The molecule has 0 aliphatic rings. The van der Waals surface area contributed by atoms with Crippen molar-refractivity contribution >= 4 is 0 Å². The summed E-state index contributed by atoms with van der Waals surface area (Å²) in [5.74, 6) is 0. The van der Waals surface area contributed by atoms with E-state index in [9.17, 15) is 0 Å². The lowest BCUT2D eigenvalue weighted by molar-refractivity contribution is 0.592. The summed E-state index contributed by atoms with van der Waals surface area (Å²) in [6, 6.07) is 2.23. The van der Waals surface area contributed by atoms with Gasteiger partial charge in [0.25, 0.3) is 0 Å². The average Bonchev–Trinajstić information content (AvgIpc) is 2.90. The van der Waals surface area contributed by atoms with Crippen molar-refractivity contribution in [2.45, 2.75) is 39.8 Å². The van der Waals surface area contributed by atoms with Crippen LogP contribution in [-0.4, -0.2) is 21.3 Å². The van der Waals surface area contributed by atoms with Crippen LogP contribution in [0.4, 0.5) is 0 Å². The summed E-state index contributed by atoms with van der Waals surface area (Å²) in [4.78, 5) is 4.26. The first kappa shape index (κ1) is 13.7. The lowest BCUT2D eigenvalue weighted by Crippen LogP contribution is -2.23. The van der Waals surface area contributed by atoms with E-state index in [1.54, 1.807) is 0 Å². The summed E-state index contributed by atoms with van der Waals surface area (Å²) < 4.78 is 1.96. The van der Waals surface area contributed by atoms with E-state index in [4.69, 9.17) is 0 Å². The van der Waals surface area contributed by atoms with Crippen molar-refractivity contribution in [2.75, 3.05) is 6.54 Å². The van der Waals surface area contributed by atoms with E-state index >= 15 is 0 Å². The van der Waals surface area contributed by atoms with Gasteiger partial charge >= 0.3 is 0 Å². The van der Waals surface area contributed by atoms with Crippen LogP contribution in [0.3, 0.4) is 0 Å². The van der Waals surface area contributed by atoms with Crippen LogP contribution >= 0.6 is 0 Å². The highest BCUT2D eigenvalue weighted by molar-refractivity contribution is 5.32. The molecule has 0 saturated carbocycles. The third kappa shape index (κ3) is 3.20. The molecular weight excluding hydrogens is 236 g/mol. The Bertz CT molecular complexity index is 518. The summed E-state index contributed by atoms with van der Waals surface area (Å²) >= 11 is 0. The van der Waals surface area contributed by atoms with Crippen LogP contribution in [0.2, 0.25) is 0 Å². The molecule has 0 fully saturated rings. The highest BCUT2D eigenvalue weighted by Gasteiger charge is 2.17. The second kappa shape index (κ2) is 6.48. The fraction of sp³-hybridized carbons (Fsp3) is 0.467. The summed E-state index contributed by atoms with van der Waals surface area (Å²) in [6.45, 7) is 8.28. The van der Waals surface area contributed by atoms with E-state index in [2.05, 4.69) is 48.4 Å². The molecular formula is C15H22N4. The van der Waals surface area contributed by atoms with E-state index in [-0.39, 0.29) is 6.04 Å². The number of aromatic nitrogens is 3. The molecule has 0 aliphatic heterocycles. The third-order valence-electron chi connectivity index (χ3n) is 3.30. The molecule has 1 unspecified atom stereocenters. The molecule has 2 aromatic rings. The Morgan fingerprint density at radius 1 is 1.32 bits per heavy atom. The van der Waals surface area contributed by atoms with Crippen molar-refractivity contribution in [1.82, 2.24) is 20.1 Å². The topological polar surface area (TPSA) is 42.7 Å². The van der Waals surface area contributed by atoms with Gasteiger partial charge in [0, 0.05) is 30.7 Å². The second-order valence-corrected chi connectivity index (χ2v) is 4.75. The molecule has 102 valence electrons. The molecule has 0 aromatic carbocycles. The zero-order chi connectivity index (χ0) is 13.7. The zero-order valence-corrected chi connectivity index (χ0v) is 11.9. The number of nitrogens with one attached hydrogen (secondary N) is 1. The van der Waals surface area contributed by atoms with E-state index in [0.717, 1.165) is 19.5 Å². The van der Waals surface area contributed by atoms with Gasteiger partial charge in [0.1, 0.15) is 0 Å². The average molecular weight is 258 g/mol. The van der Waals surface area contributed by atoms with Gasteiger partial charge in [-0.15, -0.1) is 0 Å². The zero-order valence-electron chi connectivity index (χ0n) is 11.9. The van der Waals surface area contributed by atoms with Gasteiger partial charge in [-0.3, -0.25) is 9.67 Å². The van der Waals surface area contributed by atoms with Crippen LogP contribution < -0.4 is 5.32 Å². The number of aryl methyl sites for hydroxylation is 2. The molecule has 0 amide bonds. The predicted octanol–water partition coefficient (Wildman–Crippen LogP) is 2.70. The summed E-state index contributed by atoms with van der Waals surface area (Å²) in [5, 5.41) is 7.96. The van der Waals surface area contributed by atoms with Crippen molar-refractivity contribution in [2.24, 2.45) is 0 Å². The Morgan fingerprint density at radius 2 is 2.16 bits per heavy atom. The van der Waals surface area contributed by atoms with Crippen molar-refractivity contribution in [3.63, 3.8) is 0 Å². The molecule has 19 heavy (non-hydrogen) atoms. The Balaban J connectivity index is 2.32. The Labute approximate surface area is 114 Å². The highest BCUT2D eigenvalue weighted by Crippen LogP contribution is 2.23. The Kier molecular flexibility index (Phi) is 4.68. The van der Waals surface area contributed by atoms with Gasteiger partial charge in [0.05, 0.1) is 12.2 Å². The normalized spacial score (nSPS) is 12.6. The van der Waals surface area contributed by atoms with E-state index < -0.39 is 0 Å². The molecule has 2 aromatic heterocycles. The second-order valence-electron chi connectivity index (χ2n) is 4.75. The molecule has 1 atom stereocenters. The number of rotatable bonds is 6. The van der Waals surface area contributed by atoms with Gasteiger partial charge < -0.3 is 5.32 Å². The molecule has 0 saturated heterocycles. The minimum atomic E-state index is 0.175. The Hall–Kier alpha value is -1.68. The van der Waals surface area contributed by atoms with Crippen LogP contribution in [0, 0.1) is 6.92 Å². The Morgan fingerprint density at radius 3 is 2.79 bits per heavy atom. The SMILES string of the molecule is CCCNC(c1cnn(CC)c1)c1cnccc1C. The lowest BCUT2D eigenvalue weighted by Gasteiger charge is -2.19. The van der Waals surface area contributed by atoms with Crippen LogP contribution in [0.25, 0.3) is 0 Å². The van der Waals surface area contributed by atoms with Crippen molar-refractivity contribution in [3.8, 4) is 0 Å². The summed E-state index contributed by atoms with van der Waals surface area (Å²) in [6.07, 6.45) is 8.96. The van der Waals surface area contributed by atoms with Crippen molar-refractivity contribution in [3.05, 3.63) is 47.5 Å². The maximum absolute atomic E-state index is 4.38. The predicted molar refractivity (Wildman–Crippen MR) is 77.0 cm³/mol. The van der Waals surface area contributed by atoms with Gasteiger partial charge in [-0.25, -0.2) is 0 Å². The molecule has 0 spiro atoms. The molecule has 0 aliphatic carbocycles. The number of hydrogen-bond donors (Lipinski definition) is 1. The molecule has 0 bridgehead atoms. The monoisotopic (exact) mass is 258 g/mol. The van der Waals surface area contributed by atoms with Crippen molar-refractivity contribution < 1.29 is 0 Å². The quantitative estimate of drug-likeness (QED) is 0.866. The molecule has 2 rings (SSSR count). The first-order valence-electron chi connectivity index (χ1n) is 6.92. The first-order valence-corrected chi connectivity index (χ1v) is 6.92. The smallest absolute Gasteiger partial charge is 0.0625 e. The maximum atomic E-state index is 4.38. The minimum Gasteiger partial charge on any atom is -0.306 e. The lowest BCUT2D eigenvalue weighted by atomic mass is 9.99. The number of pyridine rings is 1. The van der Waals surface area contributed by atoms with Gasteiger partial charge in [0.2, 0.25) is 0 Å². The van der Waals surface area contributed by atoms with Crippen molar-refractivity contribution in [1.29, 1.82) is 0 Å². The van der Waals surface area contributed by atoms with E-state index in [1.807, 2.05) is 23.3 Å². The van der Waals surface area contributed by atoms with E-state index in [0.29, 0.717) is 0 Å². The minimum absolute atomic E-state index is 0.175. The number of hydrogen-bond acceptors (Lipinski definition) is 3. The molecule has 4 heteroatoms. The fourth-order valence-electron chi connectivity index (χ4n) is 2.18. The van der Waals surface area contributed by atoms with E-state index in [1.165, 1.54) is 16.7 Å². The molecule has 0 radical (unpaired) electrons. The van der Waals surface area contributed by atoms with Crippen LogP contribution in [0.1, 0.15) is 43.0 Å². The molecule has 4 nitrogen and oxygen atoms in total. The summed E-state index contributed by atoms with van der Waals surface area (Å²) in [7, 11) is 0. The standard InChI is InChI=1S/C15H22N4/c1-4-7-17-15(13-9-18-19(5-2)11-13)14-10-16-8-6-12(14)3/h6,8-11,15,17H,4-5,7H2,1-3H3. The summed E-state index contributed by atoms with van der Waals surface area (Å²) in [5.41, 5.74) is 3.69. The highest BCUT2D eigenvalue weighted by atomic mass is 15.3. The van der Waals surface area contributed by atoms with Gasteiger partial charge in [-0.1, -0.05) is 6.92 Å². The van der Waals surface area contributed by atoms with Crippen LogP contribution in [-0.2, 0) is 6.54 Å². The first-order chi connectivity index (χ1) is 9.26.